The number of hydrogen-bond donors (Lipinski definition) is 2. The Morgan fingerprint density at radius 3 is 2.43 bits per heavy atom. The lowest BCUT2D eigenvalue weighted by Crippen LogP contribution is -2.42. The minimum absolute atomic E-state index is 0.00928. The summed E-state index contributed by atoms with van der Waals surface area (Å²) in [7, 11) is -4.51. The zero-order valence-electron chi connectivity index (χ0n) is 19.0. The fourth-order valence-corrected chi connectivity index (χ4v) is 5.70. The van der Waals surface area contributed by atoms with E-state index in [9.17, 15) is 30.8 Å². The Balaban J connectivity index is 1.87. The third kappa shape index (κ3) is 4.64. The topological polar surface area (TPSA) is 107 Å². The van der Waals surface area contributed by atoms with Crippen LogP contribution in [0.3, 0.4) is 0 Å². The molecule has 1 saturated carbocycles. The van der Waals surface area contributed by atoms with Crippen molar-refractivity contribution in [3.05, 3.63) is 47.4 Å². The summed E-state index contributed by atoms with van der Waals surface area (Å²) >= 11 is 0. The number of primary amides is 1. The molecule has 1 atom stereocenters. The van der Waals surface area contributed by atoms with Crippen LogP contribution in [0.15, 0.2) is 35.4 Å². The van der Waals surface area contributed by atoms with Crippen LogP contribution in [0.5, 0.6) is 0 Å². The van der Waals surface area contributed by atoms with Gasteiger partial charge in [-0.05, 0) is 56.5 Å². The molecule has 12 heteroatoms. The molecule has 35 heavy (non-hydrogen) atoms. The lowest BCUT2D eigenvalue weighted by Gasteiger charge is -2.19. The van der Waals surface area contributed by atoms with Crippen LogP contribution in [-0.2, 0) is 10.0 Å². The smallest absolute Gasteiger partial charge is 0.366 e. The van der Waals surface area contributed by atoms with Gasteiger partial charge in [0.1, 0.15) is 16.8 Å². The average molecular weight is 513 g/mol. The molecule has 0 saturated heterocycles. The van der Waals surface area contributed by atoms with E-state index in [1.807, 2.05) is 4.57 Å². The number of hydrogen-bond acceptors (Lipinski definition) is 4. The number of aromatic nitrogens is 2. The van der Waals surface area contributed by atoms with Gasteiger partial charge in [0.2, 0.25) is 10.0 Å². The maximum atomic E-state index is 14.5. The maximum Gasteiger partial charge on any atom is 0.404 e. The van der Waals surface area contributed by atoms with Crippen molar-refractivity contribution in [2.75, 3.05) is 0 Å². The van der Waals surface area contributed by atoms with Gasteiger partial charge in [-0.15, -0.1) is 0 Å². The van der Waals surface area contributed by atoms with E-state index in [2.05, 4.69) is 4.98 Å². The van der Waals surface area contributed by atoms with Crippen molar-refractivity contribution in [2.45, 2.75) is 62.7 Å². The molecular weight excluding hydrogens is 488 g/mol. The lowest BCUT2D eigenvalue weighted by molar-refractivity contribution is -0.147. The number of fused-ring (bicyclic) bond motifs is 1. The van der Waals surface area contributed by atoms with Gasteiger partial charge in [-0.2, -0.15) is 17.9 Å². The minimum Gasteiger partial charge on any atom is -0.366 e. The van der Waals surface area contributed by atoms with Gasteiger partial charge in [-0.3, -0.25) is 9.78 Å². The van der Waals surface area contributed by atoms with Gasteiger partial charge >= 0.3 is 6.18 Å². The molecule has 1 aliphatic carbocycles. The Morgan fingerprint density at radius 1 is 1.23 bits per heavy atom. The van der Waals surface area contributed by atoms with Crippen LogP contribution in [0, 0.1) is 12.7 Å². The van der Waals surface area contributed by atoms with Gasteiger partial charge in [0.15, 0.2) is 0 Å². The first kappa shape index (κ1) is 25.1. The number of carbonyl (C=O) groups excluding carboxylic acids is 1. The van der Waals surface area contributed by atoms with Crippen molar-refractivity contribution < 1.29 is 30.8 Å². The highest BCUT2D eigenvalue weighted by Gasteiger charge is 2.39. The highest BCUT2D eigenvalue weighted by molar-refractivity contribution is 7.89. The van der Waals surface area contributed by atoms with Crippen LogP contribution in [0.1, 0.15) is 54.6 Å². The number of amides is 1. The predicted molar refractivity (Wildman–Crippen MR) is 122 cm³/mol. The fraction of sp³-hybridized carbons (Fsp3) is 0.391. The number of halogens is 4. The molecular formula is C23H24F4N4O3S. The summed E-state index contributed by atoms with van der Waals surface area (Å²) in [5.74, 6) is -1.31. The van der Waals surface area contributed by atoms with Crippen LogP contribution in [0.4, 0.5) is 17.6 Å². The van der Waals surface area contributed by atoms with E-state index in [4.69, 9.17) is 5.73 Å². The molecule has 0 bridgehead atoms. The van der Waals surface area contributed by atoms with Crippen LogP contribution >= 0.6 is 0 Å². The van der Waals surface area contributed by atoms with Crippen LogP contribution < -0.4 is 10.5 Å². The lowest BCUT2D eigenvalue weighted by atomic mass is 10.1. The summed E-state index contributed by atoms with van der Waals surface area (Å²) in [5, 5.41) is 0.321. The Bertz CT molecular complexity index is 1390. The second-order valence-corrected chi connectivity index (χ2v) is 10.5. The van der Waals surface area contributed by atoms with Crippen molar-refractivity contribution in [3.63, 3.8) is 0 Å². The number of aryl methyl sites for hydroxylation is 1. The second-order valence-electron chi connectivity index (χ2n) is 8.78. The first-order valence-electron chi connectivity index (χ1n) is 11.0. The molecule has 0 radical (unpaired) electrons. The molecule has 0 unspecified atom stereocenters. The molecule has 0 aliphatic heterocycles. The van der Waals surface area contributed by atoms with E-state index < -0.39 is 38.9 Å². The number of alkyl halides is 3. The summed E-state index contributed by atoms with van der Waals surface area (Å²) in [5.41, 5.74) is 7.27. The molecule has 1 aromatic carbocycles. The van der Waals surface area contributed by atoms with E-state index >= 15 is 0 Å². The van der Waals surface area contributed by atoms with Crippen molar-refractivity contribution in [1.82, 2.24) is 14.3 Å². The van der Waals surface area contributed by atoms with Crippen LogP contribution in [0.2, 0.25) is 0 Å². The molecule has 3 aromatic rings. The SMILES string of the molecule is Cc1cc2c(cc1F)c(C(N)=O)c(-c1ccc(S(=O)(=O)N[C@@H](C)C(F)(F)F)cn1)n2C1CCCC1. The molecule has 1 fully saturated rings. The average Bonchev–Trinajstić information content (AvgIpc) is 3.39. The van der Waals surface area contributed by atoms with E-state index in [0.717, 1.165) is 37.9 Å². The summed E-state index contributed by atoms with van der Waals surface area (Å²) in [6.07, 6.45) is -0.276. The Morgan fingerprint density at radius 2 is 1.89 bits per heavy atom. The Hall–Kier alpha value is -2.99. The van der Waals surface area contributed by atoms with Crippen molar-refractivity contribution in [1.29, 1.82) is 0 Å². The van der Waals surface area contributed by atoms with E-state index in [0.29, 0.717) is 29.1 Å². The quantitative estimate of drug-likeness (QED) is 0.471. The third-order valence-corrected chi connectivity index (χ3v) is 7.86. The number of nitrogens with two attached hydrogens (primary N) is 1. The molecule has 0 spiro atoms. The normalized spacial score (nSPS) is 16.2. The number of pyridine rings is 1. The monoisotopic (exact) mass is 512 g/mol. The molecule has 2 aromatic heterocycles. The highest BCUT2D eigenvalue weighted by atomic mass is 32.2. The maximum absolute atomic E-state index is 14.5. The zero-order chi connectivity index (χ0) is 25.7. The van der Waals surface area contributed by atoms with Gasteiger partial charge in [-0.25, -0.2) is 12.8 Å². The summed E-state index contributed by atoms with van der Waals surface area (Å²) < 4.78 is 81.3. The van der Waals surface area contributed by atoms with E-state index in [1.54, 1.807) is 17.7 Å². The van der Waals surface area contributed by atoms with Gasteiger partial charge < -0.3 is 10.3 Å². The molecule has 188 valence electrons. The minimum atomic E-state index is -4.76. The highest BCUT2D eigenvalue weighted by Crippen LogP contribution is 2.41. The van der Waals surface area contributed by atoms with Crippen LogP contribution in [-0.4, -0.2) is 36.1 Å². The third-order valence-electron chi connectivity index (χ3n) is 6.33. The molecule has 1 aliphatic rings. The van der Waals surface area contributed by atoms with E-state index in [-0.39, 0.29) is 17.3 Å². The standard InChI is InChI=1S/C23H24F4N4O3S/c1-12-9-19-16(10-17(12)24)20(22(28)32)21(31(19)14-5-3-4-6-14)18-8-7-15(11-29-18)35(33,34)30-13(2)23(25,26)27/h7-11,13-14,30H,3-6H2,1-2H3,(H2,28,32)/t13-/m0/s1. The Kier molecular flexibility index (Phi) is 6.39. The molecule has 1 amide bonds. The first-order valence-corrected chi connectivity index (χ1v) is 12.5. The number of benzene rings is 1. The Labute approximate surface area is 199 Å². The number of nitrogens with zero attached hydrogens (tertiary/aromatic N) is 2. The molecule has 2 heterocycles. The number of carbonyl (C=O) groups is 1. The van der Waals surface area contributed by atoms with E-state index in [1.165, 1.54) is 12.1 Å². The van der Waals surface area contributed by atoms with Gasteiger partial charge in [-0.1, -0.05) is 12.8 Å². The number of nitrogens with one attached hydrogen (secondary N) is 1. The first-order chi connectivity index (χ1) is 16.3. The molecule has 7 nitrogen and oxygen atoms in total. The summed E-state index contributed by atoms with van der Waals surface area (Å²) in [6, 6.07) is 3.01. The van der Waals surface area contributed by atoms with Crippen molar-refractivity contribution in [2.24, 2.45) is 5.73 Å². The zero-order valence-corrected chi connectivity index (χ0v) is 19.8. The predicted octanol–water partition coefficient (Wildman–Crippen LogP) is 4.59. The number of sulfonamides is 1. The fourth-order valence-electron chi connectivity index (χ4n) is 4.52. The molecule has 4 rings (SSSR count). The van der Waals surface area contributed by atoms with Crippen LogP contribution in [0.25, 0.3) is 22.3 Å². The van der Waals surface area contributed by atoms with Gasteiger partial charge in [0.25, 0.3) is 5.91 Å². The molecule has 3 N–H and O–H groups in total. The summed E-state index contributed by atoms with van der Waals surface area (Å²) in [6.45, 7) is 2.30. The van der Waals surface area contributed by atoms with Gasteiger partial charge in [0, 0.05) is 17.6 Å². The van der Waals surface area contributed by atoms with Crippen molar-refractivity contribution in [3.8, 4) is 11.4 Å². The largest absolute Gasteiger partial charge is 0.404 e. The van der Waals surface area contributed by atoms with Gasteiger partial charge in [0.05, 0.1) is 22.5 Å². The number of rotatable bonds is 6. The second kappa shape index (κ2) is 8.90. The van der Waals surface area contributed by atoms with Crippen molar-refractivity contribution >= 4 is 26.8 Å². The summed E-state index contributed by atoms with van der Waals surface area (Å²) in [4.78, 5) is 16.2.